The number of hydrogen-bond acceptors (Lipinski definition) is 5. The summed E-state index contributed by atoms with van der Waals surface area (Å²) in [6.07, 6.45) is 0. The van der Waals surface area contributed by atoms with E-state index in [1.54, 1.807) is 29.8 Å². The number of nitrogens with zero attached hydrogens (tertiary/aromatic N) is 1. The molecule has 0 atom stereocenters. The maximum Gasteiger partial charge on any atom is 0.243 e. The molecular weight excluding hydrogens is 300 g/mol. The first-order valence-electron chi connectivity index (χ1n) is 5.75. The summed E-state index contributed by atoms with van der Waals surface area (Å²) < 4.78 is 26.2. The summed E-state index contributed by atoms with van der Waals surface area (Å²) in [5, 5.41) is 6.67. The highest BCUT2D eigenvalue weighted by molar-refractivity contribution is 7.89. The van der Waals surface area contributed by atoms with Crippen LogP contribution in [-0.4, -0.2) is 26.8 Å². The van der Waals surface area contributed by atoms with Crippen LogP contribution >= 0.6 is 22.7 Å². The topological polar surface area (TPSA) is 49.4 Å². The Labute approximate surface area is 121 Å². The summed E-state index contributed by atoms with van der Waals surface area (Å²) in [6, 6.07) is 5.61. The van der Waals surface area contributed by atoms with Gasteiger partial charge in [0, 0.05) is 35.3 Å². The molecule has 0 unspecified atom stereocenters. The molecular formula is C12H16N2O2S3. The Morgan fingerprint density at radius 1 is 1.32 bits per heavy atom. The molecule has 0 amide bonds. The van der Waals surface area contributed by atoms with Gasteiger partial charge in [0.1, 0.15) is 0 Å². The van der Waals surface area contributed by atoms with E-state index in [2.05, 4.69) is 5.32 Å². The first-order chi connectivity index (χ1) is 9.04. The fourth-order valence-corrected chi connectivity index (χ4v) is 4.91. The molecule has 0 aliphatic carbocycles. The van der Waals surface area contributed by atoms with Crippen molar-refractivity contribution >= 4 is 32.7 Å². The molecule has 0 saturated carbocycles. The predicted molar refractivity (Wildman–Crippen MR) is 80.1 cm³/mol. The monoisotopic (exact) mass is 316 g/mol. The van der Waals surface area contributed by atoms with Crippen LogP contribution < -0.4 is 5.32 Å². The van der Waals surface area contributed by atoms with E-state index in [1.165, 1.54) is 15.6 Å². The van der Waals surface area contributed by atoms with Gasteiger partial charge in [0.05, 0.1) is 4.90 Å². The van der Waals surface area contributed by atoms with E-state index in [1.807, 2.05) is 24.6 Å². The Bertz CT molecular complexity index is 617. The Hall–Kier alpha value is -0.730. The first kappa shape index (κ1) is 14.7. The van der Waals surface area contributed by atoms with Crippen molar-refractivity contribution in [2.24, 2.45) is 0 Å². The molecule has 104 valence electrons. The molecule has 0 radical (unpaired) electrons. The van der Waals surface area contributed by atoms with Crippen LogP contribution in [0.3, 0.4) is 0 Å². The number of sulfonamides is 1. The lowest BCUT2D eigenvalue weighted by molar-refractivity contribution is 0.470. The SMILES string of the molecule is CNCc1cc(S(=O)(=O)N(C)Cc2cccs2)cs1. The van der Waals surface area contributed by atoms with E-state index >= 15 is 0 Å². The average Bonchev–Trinajstić information content (AvgIpc) is 3.00. The summed E-state index contributed by atoms with van der Waals surface area (Å²) in [6.45, 7) is 1.10. The van der Waals surface area contributed by atoms with Gasteiger partial charge in [-0.3, -0.25) is 0 Å². The Morgan fingerprint density at radius 2 is 2.11 bits per heavy atom. The maximum atomic E-state index is 12.4. The lowest BCUT2D eigenvalue weighted by Crippen LogP contribution is -2.25. The molecule has 0 aliphatic rings. The molecule has 2 rings (SSSR count). The summed E-state index contributed by atoms with van der Waals surface area (Å²) in [4.78, 5) is 2.43. The van der Waals surface area contributed by atoms with E-state index in [9.17, 15) is 8.42 Å². The van der Waals surface area contributed by atoms with Gasteiger partial charge in [-0.15, -0.1) is 22.7 Å². The van der Waals surface area contributed by atoms with Crippen molar-refractivity contribution in [2.45, 2.75) is 18.0 Å². The van der Waals surface area contributed by atoms with Crippen LogP contribution in [0, 0.1) is 0 Å². The minimum atomic E-state index is -3.39. The van der Waals surface area contributed by atoms with Crippen molar-refractivity contribution in [1.82, 2.24) is 9.62 Å². The molecule has 2 aromatic rings. The van der Waals surface area contributed by atoms with Crippen molar-refractivity contribution in [1.29, 1.82) is 0 Å². The molecule has 2 aromatic heterocycles. The molecule has 0 fully saturated rings. The Kier molecular flexibility index (Phi) is 4.75. The molecule has 0 aromatic carbocycles. The van der Waals surface area contributed by atoms with Gasteiger partial charge in [-0.2, -0.15) is 4.31 Å². The predicted octanol–water partition coefficient (Wildman–Crippen LogP) is 2.35. The summed E-state index contributed by atoms with van der Waals surface area (Å²) in [5.41, 5.74) is 0. The smallest absolute Gasteiger partial charge is 0.243 e. The third-order valence-electron chi connectivity index (χ3n) is 2.65. The van der Waals surface area contributed by atoms with Gasteiger partial charge in [0.25, 0.3) is 0 Å². The van der Waals surface area contributed by atoms with Gasteiger partial charge in [0.15, 0.2) is 0 Å². The van der Waals surface area contributed by atoms with Crippen LogP contribution in [-0.2, 0) is 23.1 Å². The second-order valence-electron chi connectivity index (χ2n) is 4.12. The van der Waals surface area contributed by atoms with E-state index in [-0.39, 0.29) is 0 Å². The molecule has 2 heterocycles. The minimum Gasteiger partial charge on any atom is -0.315 e. The quantitative estimate of drug-likeness (QED) is 0.890. The van der Waals surface area contributed by atoms with Crippen molar-refractivity contribution in [3.63, 3.8) is 0 Å². The Morgan fingerprint density at radius 3 is 2.74 bits per heavy atom. The van der Waals surface area contributed by atoms with Gasteiger partial charge in [-0.05, 0) is 24.6 Å². The van der Waals surface area contributed by atoms with Gasteiger partial charge >= 0.3 is 0 Å². The fraction of sp³-hybridized carbons (Fsp3) is 0.333. The lowest BCUT2D eigenvalue weighted by Gasteiger charge is -2.15. The van der Waals surface area contributed by atoms with E-state index in [4.69, 9.17) is 0 Å². The fourth-order valence-electron chi connectivity index (χ4n) is 1.65. The molecule has 19 heavy (non-hydrogen) atoms. The van der Waals surface area contributed by atoms with E-state index < -0.39 is 10.0 Å². The zero-order chi connectivity index (χ0) is 13.9. The average molecular weight is 316 g/mol. The lowest BCUT2D eigenvalue weighted by atomic mass is 10.5. The van der Waals surface area contributed by atoms with Gasteiger partial charge in [-0.1, -0.05) is 6.07 Å². The second kappa shape index (κ2) is 6.15. The van der Waals surface area contributed by atoms with Crippen molar-refractivity contribution in [3.05, 3.63) is 38.7 Å². The van der Waals surface area contributed by atoms with Crippen LogP contribution in [0.25, 0.3) is 0 Å². The number of rotatable bonds is 6. The minimum absolute atomic E-state index is 0.377. The highest BCUT2D eigenvalue weighted by atomic mass is 32.2. The molecule has 0 saturated heterocycles. The van der Waals surface area contributed by atoms with Crippen LogP contribution in [0.15, 0.2) is 33.9 Å². The van der Waals surface area contributed by atoms with Crippen LogP contribution in [0.1, 0.15) is 9.75 Å². The third kappa shape index (κ3) is 3.43. The van der Waals surface area contributed by atoms with Crippen LogP contribution in [0.5, 0.6) is 0 Å². The van der Waals surface area contributed by atoms with E-state index in [0.717, 1.165) is 9.75 Å². The Balaban J connectivity index is 2.16. The van der Waals surface area contributed by atoms with Crippen molar-refractivity contribution in [2.75, 3.05) is 14.1 Å². The third-order valence-corrected chi connectivity index (χ3v) is 6.38. The van der Waals surface area contributed by atoms with Gasteiger partial charge in [0.2, 0.25) is 10.0 Å². The summed E-state index contributed by atoms with van der Waals surface area (Å²) in [5.74, 6) is 0. The number of thiophene rings is 2. The molecule has 0 bridgehead atoms. The van der Waals surface area contributed by atoms with Crippen LogP contribution in [0.4, 0.5) is 0 Å². The standard InChI is InChI=1S/C12H16N2O2S3/c1-13-7-11-6-12(9-18-11)19(15,16)14(2)8-10-4-3-5-17-10/h3-6,9,13H,7-8H2,1-2H3. The molecule has 1 N–H and O–H groups in total. The first-order valence-corrected chi connectivity index (χ1v) is 8.94. The zero-order valence-corrected chi connectivity index (χ0v) is 13.2. The van der Waals surface area contributed by atoms with Gasteiger partial charge < -0.3 is 5.32 Å². The summed E-state index contributed by atoms with van der Waals surface area (Å²) >= 11 is 3.02. The zero-order valence-electron chi connectivity index (χ0n) is 10.8. The number of nitrogens with one attached hydrogen (secondary N) is 1. The molecule has 0 spiro atoms. The largest absolute Gasteiger partial charge is 0.315 e. The highest BCUT2D eigenvalue weighted by Gasteiger charge is 2.22. The molecule has 4 nitrogen and oxygen atoms in total. The second-order valence-corrected chi connectivity index (χ2v) is 8.19. The summed E-state index contributed by atoms with van der Waals surface area (Å²) in [7, 11) is 0.0697. The maximum absolute atomic E-state index is 12.4. The van der Waals surface area contributed by atoms with Crippen molar-refractivity contribution in [3.8, 4) is 0 Å². The molecule has 7 heteroatoms. The van der Waals surface area contributed by atoms with Gasteiger partial charge in [-0.25, -0.2) is 8.42 Å². The normalized spacial score (nSPS) is 12.2. The van der Waals surface area contributed by atoms with Crippen LogP contribution in [0.2, 0.25) is 0 Å². The van der Waals surface area contributed by atoms with Crippen molar-refractivity contribution < 1.29 is 8.42 Å². The molecule has 0 aliphatic heterocycles. The highest BCUT2D eigenvalue weighted by Crippen LogP contribution is 2.23. The van der Waals surface area contributed by atoms with E-state index in [0.29, 0.717) is 18.0 Å². The number of hydrogen-bond donors (Lipinski definition) is 1.